The Bertz CT molecular complexity index is 1270. The molecule has 1 aromatic carbocycles. The molecule has 0 radical (unpaired) electrons. The molecule has 1 unspecified atom stereocenters. The molecular weight excluding hydrogens is 656 g/mol. The number of aryl methyl sites for hydroxylation is 2. The number of aromatic nitrogens is 2. The normalized spacial score (nSPS) is 11.2. The molecule has 2 rings (SSSR count). The standard InChI is InChI=1S/C26H36N4O3.C5H10O2.C5H12O.C4H10.C2H2/c1-6-9-20(7-2)23(29-25(31)17-26(4,5)8-3)16-24-27-18-21(28-24)13-10-19-11-14-22(15-12-19)30(32)33;1-3-5(6)7-4-2;1-3-4-5-6-2;1-3-4-2;1-2/h6-7,9,11-12,14-15,18,23H,8,10,13,16-17H2,1-5H3,(H,27,28)(H,29,31);3-4H2,1-2H3;3-5H2,1-2H3;3-4H2,1-2H3;1-2H/b9-6-,20-7+;;;;. The number of amides is 1. The number of allylic oxidation sites excluding steroid dienone is 2. The van der Waals surface area contributed by atoms with Gasteiger partial charge in [-0.05, 0) is 56.6 Å². The van der Waals surface area contributed by atoms with Crippen LogP contribution in [0.3, 0.4) is 0 Å². The van der Waals surface area contributed by atoms with Crippen molar-refractivity contribution in [3.05, 3.63) is 81.5 Å². The predicted molar refractivity (Wildman–Crippen MR) is 216 cm³/mol. The van der Waals surface area contributed by atoms with Gasteiger partial charge in [-0.25, -0.2) is 4.98 Å². The van der Waals surface area contributed by atoms with Gasteiger partial charge in [0.15, 0.2) is 0 Å². The Morgan fingerprint density at radius 3 is 2.04 bits per heavy atom. The monoisotopic (exact) mass is 727 g/mol. The van der Waals surface area contributed by atoms with Crippen molar-refractivity contribution in [2.24, 2.45) is 5.41 Å². The zero-order valence-electron chi connectivity index (χ0n) is 34.2. The van der Waals surface area contributed by atoms with Crippen molar-refractivity contribution in [2.75, 3.05) is 20.3 Å². The van der Waals surface area contributed by atoms with E-state index in [2.05, 4.69) is 74.4 Å². The summed E-state index contributed by atoms with van der Waals surface area (Å²) >= 11 is 0. The van der Waals surface area contributed by atoms with Gasteiger partial charge in [-0.1, -0.05) is 105 Å². The van der Waals surface area contributed by atoms with Gasteiger partial charge in [0.25, 0.3) is 5.69 Å². The quantitative estimate of drug-likeness (QED) is 0.0390. The molecule has 2 N–H and O–H groups in total. The highest BCUT2D eigenvalue weighted by atomic mass is 16.6. The molecule has 0 aliphatic rings. The second-order valence-corrected chi connectivity index (χ2v) is 12.6. The third kappa shape index (κ3) is 27.5. The fourth-order valence-electron chi connectivity index (χ4n) is 4.11. The summed E-state index contributed by atoms with van der Waals surface area (Å²) in [4.78, 5) is 41.2. The van der Waals surface area contributed by atoms with Crippen molar-refractivity contribution in [3.8, 4) is 12.8 Å². The van der Waals surface area contributed by atoms with Gasteiger partial charge in [0.05, 0.1) is 17.6 Å². The van der Waals surface area contributed by atoms with Gasteiger partial charge in [0.2, 0.25) is 5.91 Å². The molecule has 10 heteroatoms. The number of imidazole rings is 1. The van der Waals surface area contributed by atoms with E-state index in [1.807, 2.05) is 38.3 Å². The van der Waals surface area contributed by atoms with Crippen molar-refractivity contribution >= 4 is 17.6 Å². The fourth-order valence-corrected chi connectivity index (χ4v) is 4.11. The van der Waals surface area contributed by atoms with Crippen LogP contribution in [0.1, 0.15) is 131 Å². The van der Waals surface area contributed by atoms with Crippen LogP contribution in [0.25, 0.3) is 0 Å². The first-order chi connectivity index (χ1) is 24.8. The molecular formula is C42H70N4O6. The second kappa shape index (κ2) is 33.9. The van der Waals surface area contributed by atoms with E-state index < -0.39 is 4.92 Å². The van der Waals surface area contributed by atoms with Crippen molar-refractivity contribution in [3.63, 3.8) is 0 Å². The summed E-state index contributed by atoms with van der Waals surface area (Å²) in [6.45, 7) is 21.7. The maximum Gasteiger partial charge on any atom is 0.305 e. The lowest BCUT2D eigenvalue weighted by Crippen LogP contribution is -2.39. The number of benzene rings is 1. The molecule has 10 nitrogen and oxygen atoms in total. The predicted octanol–water partition coefficient (Wildman–Crippen LogP) is 9.93. The molecule has 0 spiro atoms. The summed E-state index contributed by atoms with van der Waals surface area (Å²) < 4.78 is 9.33. The first-order valence-corrected chi connectivity index (χ1v) is 18.6. The molecule has 1 atom stereocenters. The molecule has 2 aromatic rings. The van der Waals surface area contributed by atoms with Crippen LogP contribution in [0.4, 0.5) is 5.69 Å². The molecule has 0 fully saturated rings. The van der Waals surface area contributed by atoms with Crippen LogP contribution in [-0.4, -0.2) is 53.1 Å². The van der Waals surface area contributed by atoms with E-state index in [0.29, 0.717) is 25.9 Å². The summed E-state index contributed by atoms with van der Waals surface area (Å²) in [6.07, 6.45) is 24.9. The maximum atomic E-state index is 12.7. The van der Waals surface area contributed by atoms with Crippen molar-refractivity contribution in [2.45, 2.75) is 139 Å². The lowest BCUT2D eigenvalue weighted by atomic mass is 9.86. The molecule has 294 valence electrons. The van der Waals surface area contributed by atoms with E-state index in [4.69, 9.17) is 4.74 Å². The van der Waals surface area contributed by atoms with E-state index in [1.54, 1.807) is 33.1 Å². The molecule has 52 heavy (non-hydrogen) atoms. The Morgan fingerprint density at radius 1 is 1.02 bits per heavy atom. The Labute approximate surface area is 315 Å². The van der Waals surface area contributed by atoms with Crippen LogP contribution in [0, 0.1) is 28.4 Å². The SMILES string of the molecule is C#C.C/C=C\C(=C/C)C(Cc1ncc(CCc2ccc([N+](=O)[O-])cc2)[nH]1)NC(=O)CC(C)(C)CC.CCCC.CCCCOC.CCOC(=O)CC. The lowest BCUT2D eigenvalue weighted by Gasteiger charge is -2.25. The van der Waals surface area contributed by atoms with Crippen LogP contribution >= 0.6 is 0 Å². The number of non-ortho nitro benzene ring substituents is 1. The van der Waals surface area contributed by atoms with Crippen LogP contribution in [0.15, 0.2) is 54.3 Å². The zero-order valence-corrected chi connectivity index (χ0v) is 34.2. The minimum absolute atomic E-state index is 0.0406. The second-order valence-electron chi connectivity index (χ2n) is 12.6. The van der Waals surface area contributed by atoms with Crippen LogP contribution < -0.4 is 5.32 Å². The van der Waals surface area contributed by atoms with Crippen LogP contribution in [0.5, 0.6) is 0 Å². The largest absolute Gasteiger partial charge is 0.466 e. The number of nitro groups is 1. The average Bonchev–Trinajstić information content (AvgIpc) is 3.60. The summed E-state index contributed by atoms with van der Waals surface area (Å²) in [5.74, 6) is 0.737. The number of terminal acetylenes is 1. The Balaban J connectivity index is -0.00000104. The summed E-state index contributed by atoms with van der Waals surface area (Å²) in [6, 6.07) is 6.46. The van der Waals surface area contributed by atoms with Gasteiger partial charge in [-0.2, -0.15) is 0 Å². The van der Waals surface area contributed by atoms with Gasteiger partial charge in [0.1, 0.15) is 5.82 Å². The number of hydrogen-bond donors (Lipinski definition) is 2. The number of ether oxygens (including phenoxy) is 2. The van der Waals surface area contributed by atoms with E-state index >= 15 is 0 Å². The molecule has 0 saturated carbocycles. The number of nitrogens with zero attached hydrogens (tertiary/aromatic N) is 2. The number of esters is 1. The van der Waals surface area contributed by atoms with Crippen molar-refractivity contribution in [1.29, 1.82) is 0 Å². The summed E-state index contributed by atoms with van der Waals surface area (Å²) in [5, 5.41) is 14.0. The number of aromatic amines is 1. The zero-order chi connectivity index (χ0) is 40.4. The fraction of sp³-hybridized carbons (Fsp3) is 0.595. The number of rotatable bonds is 18. The number of carbonyl (C=O) groups excluding carboxylic acids is 2. The number of nitrogens with one attached hydrogen (secondary N) is 2. The van der Waals surface area contributed by atoms with Crippen LogP contribution in [0.2, 0.25) is 0 Å². The maximum absolute atomic E-state index is 12.7. The molecule has 0 bridgehead atoms. The molecule has 0 saturated heterocycles. The Kier molecular flexibility index (Phi) is 34.0. The topological polar surface area (TPSA) is 136 Å². The minimum atomic E-state index is -0.393. The van der Waals surface area contributed by atoms with Gasteiger partial charge >= 0.3 is 5.97 Å². The highest BCUT2D eigenvalue weighted by Crippen LogP contribution is 2.24. The molecule has 1 heterocycles. The molecule has 0 aliphatic carbocycles. The number of hydrogen-bond acceptors (Lipinski definition) is 7. The van der Waals surface area contributed by atoms with E-state index in [-0.39, 0.29) is 29.0 Å². The Morgan fingerprint density at radius 2 is 1.63 bits per heavy atom. The molecule has 1 amide bonds. The summed E-state index contributed by atoms with van der Waals surface area (Å²) in [5.41, 5.74) is 3.13. The minimum Gasteiger partial charge on any atom is -0.466 e. The van der Waals surface area contributed by atoms with E-state index in [9.17, 15) is 19.7 Å². The van der Waals surface area contributed by atoms with E-state index in [0.717, 1.165) is 48.5 Å². The summed E-state index contributed by atoms with van der Waals surface area (Å²) in [7, 11) is 1.73. The van der Waals surface area contributed by atoms with Gasteiger partial charge in [-0.15, -0.1) is 12.8 Å². The highest BCUT2D eigenvalue weighted by molar-refractivity contribution is 5.77. The van der Waals surface area contributed by atoms with E-state index in [1.165, 1.54) is 37.8 Å². The number of unbranched alkanes of at least 4 members (excludes halogenated alkanes) is 2. The third-order valence-corrected chi connectivity index (χ3v) is 7.73. The van der Waals surface area contributed by atoms with Gasteiger partial charge in [0, 0.05) is 57.0 Å². The highest BCUT2D eigenvalue weighted by Gasteiger charge is 2.23. The smallest absolute Gasteiger partial charge is 0.305 e. The number of H-pyrrole nitrogens is 1. The number of carbonyl (C=O) groups is 2. The number of methoxy groups -OCH3 is 1. The molecule has 0 aliphatic heterocycles. The lowest BCUT2D eigenvalue weighted by molar-refractivity contribution is -0.384. The van der Waals surface area contributed by atoms with Crippen molar-refractivity contribution in [1.82, 2.24) is 15.3 Å². The first kappa shape index (κ1) is 52.1. The van der Waals surface area contributed by atoms with Crippen molar-refractivity contribution < 1.29 is 24.0 Å². The first-order valence-electron chi connectivity index (χ1n) is 18.6. The van der Waals surface area contributed by atoms with Gasteiger partial charge < -0.3 is 19.8 Å². The Hall–Kier alpha value is -4.23. The third-order valence-electron chi connectivity index (χ3n) is 7.73. The number of nitro benzene ring substituents is 1. The van der Waals surface area contributed by atoms with Crippen LogP contribution in [-0.2, 0) is 38.3 Å². The molecule has 1 aromatic heterocycles. The van der Waals surface area contributed by atoms with Gasteiger partial charge in [-0.3, -0.25) is 19.7 Å². The average molecular weight is 727 g/mol.